The van der Waals surface area contributed by atoms with E-state index in [1.807, 2.05) is 19.9 Å². The summed E-state index contributed by atoms with van der Waals surface area (Å²) in [7, 11) is -1.62. The van der Waals surface area contributed by atoms with Gasteiger partial charge in [0.05, 0.1) is 11.6 Å². The van der Waals surface area contributed by atoms with Gasteiger partial charge in [-0.1, -0.05) is 0 Å². The van der Waals surface area contributed by atoms with Crippen LogP contribution in [-0.2, 0) is 10.0 Å². The molecule has 0 radical (unpaired) electrons. The average molecular weight is 309 g/mol. The van der Waals surface area contributed by atoms with E-state index in [1.54, 1.807) is 7.05 Å². The third kappa shape index (κ3) is 3.64. The fraction of sp³-hybridized carbons (Fsp3) is 0.462. The Morgan fingerprint density at radius 1 is 1.29 bits per heavy atom. The highest BCUT2D eigenvalue weighted by atomic mass is 32.2. The number of nitrogens with zero attached hydrogens (tertiary/aromatic N) is 4. The molecule has 114 valence electrons. The molecule has 0 aromatic carbocycles. The fourth-order valence-corrected chi connectivity index (χ4v) is 2.46. The standard InChI is InChI=1S/C13H19N5O2S/c1-9-7-10(2)17-13-11(9)12(15-8-16-13)14-5-6-18(3)21(4,19)20/h7-8H,5-6H2,1-4H3,(H,14,15,16,17). The molecule has 8 heteroatoms. The van der Waals surface area contributed by atoms with Crippen LogP contribution in [0.1, 0.15) is 11.3 Å². The first kappa shape index (κ1) is 15.6. The molecule has 2 aromatic heterocycles. The largest absolute Gasteiger partial charge is 0.368 e. The Labute approximate surface area is 124 Å². The van der Waals surface area contributed by atoms with Gasteiger partial charge in [-0.2, -0.15) is 0 Å². The summed E-state index contributed by atoms with van der Waals surface area (Å²) < 4.78 is 24.0. The molecule has 1 N–H and O–H groups in total. The van der Waals surface area contributed by atoms with E-state index in [0.29, 0.717) is 24.6 Å². The number of sulfonamides is 1. The van der Waals surface area contributed by atoms with Gasteiger partial charge in [0.2, 0.25) is 10.0 Å². The molecule has 0 spiro atoms. The first-order valence-electron chi connectivity index (χ1n) is 6.53. The van der Waals surface area contributed by atoms with Crippen LogP contribution in [0.2, 0.25) is 0 Å². The van der Waals surface area contributed by atoms with Crippen molar-refractivity contribution in [1.29, 1.82) is 0 Å². The lowest BCUT2D eigenvalue weighted by molar-refractivity contribution is 0.486. The molecule has 0 aliphatic carbocycles. The number of anilines is 1. The maximum absolute atomic E-state index is 11.3. The third-order valence-corrected chi connectivity index (χ3v) is 4.53. The van der Waals surface area contributed by atoms with Crippen molar-refractivity contribution < 1.29 is 8.42 Å². The van der Waals surface area contributed by atoms with Gasteiger partial charge in [-0.25, -0.2) is 27.7 Å². The number of hydrogen-bond donors (Lipinski definition) is 1. The van der Waals surface area contributed by atoms with Crippen LogP contribution >= 0.6 is 0 Å². The van der Waals surface area contributed by atoms with Crippen LogP contribution < -0.4 is 5.32 Å². The van der Waals surface area contributed by atoms with Gasteiger partial charge in [-0.3, -0.25) is 0 Å². The van der Waals surface area contributed by atoms with Gasteiger partial charge in [0, 0.05) is 25.8 Å². The van der Waals surface area contributed by atoms with Crippen LogP contribution in [0.15, 0.2) is 12.4 Å². The van der Waals surface area contributed by atoms with Crippen molar-refractivity contribution in [3.63, 3.8) is 0 Å². The molecule has 0 bridgehead atoms. The minimum absolute atomic E-state index is 0.364. The Hall–Kier alpha value is -1.80. The monoisotopic (exact) mass is 309 g/mol. The Morgan fingerprint density at radius 2 is 2.00 bits per heavy atom. The van der Waals surface area contributed by atoms with Gasteiger partial charge in [-0.15, -0.1) is 0 Å². The molecule has 21 heavy (non-hydrogen) atoms. The summed E-state index contributed by atoms with van der Waals surface area (Å²) in [6, 6.07) is 1.97. The smallest absolute Gasteiger partial charge is 0.211 e. The topological polar surface area (TPSA) is 88.1 Å². The Morgan fingerprint density at radius 3 is 2.67 bits per heavy atom. The highest BCUT2D eigenvalue weighted by Gasteiger charge is 2.12. The molecular weight excluding hydrogens is 290 g/mol. The molecule has 0 amide bonds. The molecule has 7 nitrogen and oxygen atoms in total. The second-order valence-corrected chi connectivity index (χ2v) is 7.10. The number of nitrogens with one attached hydrogen (secondary N) is 1. The molecule has 0 unspecified atom stereocenters. The Kier molecular flexibility index (Phi) is 4.38. The van der Waals surface area contributed by atoms with Crippen LogP contribution in [-0.4, -0.2) is 54.1 Å². The SMILES string of the molecule is Cc1cc(C)c2c(NCCN(C)S(C)(=O)=O)ncnc2n1. The summed E-state index contributed by atoms with van der Waals surface area (Å²) in [5.41, 5.74) is 2.58. The number of hydrogen-bond acceptors (Lipinski definition) is 6. The van der Waals surface area contributed by atoms with Crippen LogP contribution in [0.3, 0.4) is 0 Å². The summed E-state index contributed by atoms with van der Waals surface area (Å²) in [5.74, 6) is 0.673. The fourth-order valence-electron chi connectivity index (χ4n) is 2.04. The van der Waals surface area contributed by atoms with E-state index in [0.717, 1.165) is 16.6 Å². The molecule has 0 saturated carbocycles. The molecule has 0 saturated heterocycles. The van der Waals surface area contributed by atoms with Crippen molar-refractivity contribution >= 4 is 26.9 Å². The lowest BCUT2D eigenvalue weighted by Crippen LogP contribution is -2.30. The maximum Gasteiger partial charge on any atom is 0.211 e. The predicted molar refractivity (Wildman–Crippen MR) is 82.8 cm³/mol. The van der Waals surface area contributed by atoms with Crippen molar-refractivity contribution in [1.82, 2.24) is 19.3 Å². The van der Waals surface area contributed by atoms with E-state index in [1.165, 1.54) is 16.9 Å². The first-order chi connectivity index (χ1) is 9.79. The first-order valence-corrected chi connectivity index (χ1v) is 8.38. The second-order valence-electron chi connectivity index (χ2n) is 5.01. The van der Waals surface area contributed by atoms with E-state index in [-0.39, 0.29) is 0 Å². The van der Waals surface area contributed by atoms with E-state index < -0.39 is 10.0 Å². The van der Waals surface area contributed by atoms with Crippen LogP contribution in [0.5, 0.6) is 0 Å². The van der Waals surface area contributed by atoms with Gasteiger partial charge in [0.15, 0.2) is 5.65 Å². The van der Waals surface area contributed by atoms with Crippen molar-refractivity contribution in [3.05, 3.63) is 23.7 Å². The highest BCUT2D eigenvalue weighted by Crippen LogP contribution is 2.22. The third-order valence-electron chi connectivity index (χ3n) is 3.21. The summed E-state index contributed by atoms with van der Waals surface area (Å²) in [6.45, 7) is 4.72. The van der Waals surface area contributed by atoms with E-state index >= 15 is 0 Å². The number of aryl methyl sites for hydroxylation is 2. The van der Waals surface area contributed by atoms with Gasteiger partial charge in [0.25, 0.3) is 0 Å². The van der Waals surface area contributed by atoms with E-state index in [2.05, 4.69) is 20.3 Å². The van der Waals surface area contributed by atoms with Crippen LogP contribution in [0.25, 0.3) is 11.0 Å². The molecular formula is C13H19N5O2S. The van der Waals surface area contributed by atoms with Crippen LogP contribution in [0, 0.1) is 13.8 Å². The molecule has 0 aliphatic rings. The predicted octanol–water partition coefficient (Wildman–Crippen LogP) is 0.945. The van der Waals surface area contributed by atoms with Gasteiger partial charge in [-0.05, 0) is 25.5 Å². The number of fused-ring (bicyclic) bond motifs is 1. The molecule has 0 fully saturated rings. The van der Waals surface area contributed by atoms with E-state index in [4.69, 9.17) is 0 Å². The van der Waals surface area contributed by atoms with Crippen molar-refractivity contribution in [2.45, 2.75) is 13.8 Å². The summed E-state index contributed by atoms with van der Waals surface area (Å²) >= 11 is 0. The lowest BCUT2D eigenvalue weighted by Gasteiger charge is -2.15. The van der Waals surface area contributed by atoms with Crippen molar-refractivity contribution in [2.24, 2.45) is 0 Å². The molecule has 2 aromatic rings. The Bertz CT molecular complexity index is 760. The maximum atomic E-state index is 11.3. The van der Waals surface area contributed by atoms with Gasteiger partial charge < -0.3 is 5.32 Å². The molecule has 0 atom stereocenters. The zero-order valence-electron chi connectivity index (χ0n) is 12.6. The van der Waals surface area contributed by atoms with Gasteiger partial charge in [0.1, 0.15) is 12.1 Å². The zero-order valence-corrected chi connectivity index (χ0v) is 13.4. The number of likely N-dealkylation sites (N-methyl/N-ethyl adjacent to an activating group) is 1. The molecule has 0 aliphatic heterocycles. The highest BCUT2D eigenvalue weighted by molar-refractivity contribution is 7.88. The van der Waals surface area contributed by atoms with E-state index in [9.17, 15) is 8.42 Å². The lowest BCUT2D eigenvalue weighted by atomic mass is 10.1. The minimum Gasteiger partial charge on any atom is -0.368 e. The van der Waals surface area contributed by atoms with Crippen molar-refractivity contribution in [2.75, 3.05) is 31.7 Å². The summed E-state index contributed by atoms with van der Waals surface area (Å²) in [5, 5.41) is 4.02. The second kappa shape index (κ2) is 5.90. The molecule has 2 rings (SSSR count). The van der Waals surface area contributed by atoms with Crippen LogP contribution in [0.4, 0.5) is 5.82 Å². The average Bonchev–Trinajstić information content (AvgIpc) is 2.36. The summed E-state index contributed by atoms with van der Waals surface area (Å²) in [4.78, 5) is 12.8. The normalized spacial score (nSPS) is 12.0. The number of pyridine rings is 1. The Balaban J connectivity index is 2.20. The number of rotatable bonds is 5. The summed E-state index contributed by atoms with van der Waals surface area (Å²) in [6.07, 6.45) is 2.64. The zero-order chi connectivity index (χ0) is 15.6. The molecule has 2 heterocycles. The van der Waals surface area contributed by atoms with Crippen molar-refractivity contribution in [3.8, 4) is 0 Å². The quantitative estimate of drug-likeness (QED) is 0.884. The minimum atomic E-state index is -3.17. The van der Waals surface area contributed by atoms with Gasteiger partial charge >= 0.3 is 0 Å². The number of aromatic nitrogens is 3.